The molecule has 3 N–H and O–H groups in total. The number of amides is 1. The number of primary sulfonamides is 1. The molecule has 3 aromatic carbocycles. The fourth-order valence-electron chi connectivity index (χ4n) is 2.45. The number of benzene rings is 3. The van der Waals surface area contributed by atoms with Gasteiger partial charge in [-0.05, 0) is 47.5 Å². The molecule has 0 heterocycles. The number of hydrazone groups is 1. The molecule has 0 aromatic heterocycles. The molecule has 0 saturated heterocycles. The Morgan fingerprint density at radius 1 is 1.00 bits per heavy atom. The number of hydrogen-bond acceptors (Lipinski definition) is 5. The first-order valence-electron chi connectivity index (χ1n) is 8.65. The average Bonchev–Trinajstić information content (AvgIpc) is 2.73. The van der Waals surface area contributed by atoms with E-state index in [0.29, 0.717) is 12.4 Å². The van der Waals surface area contributed by atoms with E-state index in [4.69, 9.17) is 9.88 Å². The summed E-state index contributed by atoms with van der Waals surface area (Å²) in [6.07, 6.45) is 1.49. The summed E-state index contributed by atoms with van der Waals surface area (Å²) in [6, 6.07) is 22.4. The second-order valence-corrected chi connectivity index (χ2v) is 7.68. The molecule has 0 spiro atoms. The van der Waals surface area contributed by atoms with E-state index in [1.165, 1.54) is 30.5 Å². The predicted octanol–water partition coefficient (Wildman–Crippen LogP) is 2.68. The molecule has 3 rings (SSSR count). The number of rotatable bonds is 7. The SMILES string of the molecule is NS(=O)(=O)c1ccc(C(=O)NN=Cc2cccc(OCc3ccccc3)c2)cc1. The Hall–Kier alpha value is -3.49. The van der Waals surface area contributed by atoms with Crippen molar-refractivity contribution in [1.82, 2.24) is 5.43 Å². The van der Waals surface area contributed by atoms with E-state index < -0.39 is 15.9 Å². The zero-order valence-corrected chi connectivity index (χ0v) is 16.2. The van der Waals surface area contributed by atoms with Crippen LogP contribution in [-0.4, -0.2) is 20.5 Å². The highest BCUT2D eigenvalue weighted by atomic mass is 32.2. The Balaban J connectivity index is 1.58. The van der Waals surface area contributed by atoms with Crippen molar-refractivity contribution in [2.24, 2.45) is 10.2 Å². The molecule has 0 aliphatic rings. The lowest BCUT2D eigenvalue weighted by Gasteiger charge is -2.06. The first-order valence-corrected chi connectivity index (χ1v) is 10.2. The first kappa shape index (κ1) is 20.2. The number of ether oxygens (including phenoxy) is 1. The number of nitrogens with two attached hydrogens (primary N) is 1. The lowest BCUT2D eigenvalue weighted by atomic mass is 10.2. The van der Waals surface area contributed by atoms with Gasteiger partial charge < -0.3 is 4.74 Å². The topological polar surface area (TPSA) is 111 Å². The van der Waals surface area contributed by atoms with Crippen LogP contribution in [0.2, 0.25) is 0 Å². The molecule has 0 atom stereocenters. The molecule has 0 unspecified atom stereocenters. The van der Waals surface area contributed by atoms with Crippen molar-refractivity contribution in [3.05, 3.63) is 95.6 Å². The summed E-state index contributed by atoms with van der Waals surface area (Å²) < 4.78 is 28.2. The van der Waals surface area contributed by atoms with E-state index >= 15 is 0 Å². The Labute approximate surface area is 168 Å². The van der Waals surface area contributed by atoms with Crippen LogP contribution in [0.1, 0.15) is 21.5 Å². The number of carbonyl (C=O) groups excluding carboxylic acids is 1. The Morgan fingerprint density at radius 2 is 1.72 bits per heavy atom. The molecule has 0 radical (unpaired) electrons. The number of sulfonamides is 1. The maximum Gasteiger partial charge on any atom is 0.271 e. The van der Waals surface area contributed by atoms with Crippen LogP contribution < -0.4 is 15.3 Å². The van der Waals surface area contributed by atoms with Gasteiger partial charge in [-0.15, -0.1) is 0 Å². The molecule has 148 valence electrons. The minimum absolute atomic E-state index is 0.0649. The lowest BCUT2D eigenvalue weighted by Crippen LogP contribution is -2.18. The van der Waals surface area contributed by atoms with Crippen molar-refractivity contribution in [1.29, 1.82) is 0 Å². The lowest BCUT2D eigenvalue weighted by molar-refractivity contribution is 0.0955. The summed E-state index contributed by atoms with van der Waals surface area (Å²) in [5.74, 6) is 0.210. The third-order valence-electron chi connectivity index (χ3n) is 3.93. The maximum atomic E-state index is 12.1. The Kier molecular flexibility index (Phi) is 6.38. The van der Waals surface area contributed by atoms with Crippen molar-refractivity contribution in [2.45, 2.75) is 11.5 Å². The maximum absolute atomic E-state index is 12.1. The van der Waals surface area contributed by atoms with Crippen LogP contribution in [0.25, 0.3) is 0 Å². The van der Waals surface area contributed by atoms with E-state index in [9.17, 15) is 13.2 Å². The zero-order chi connectivity index (χ0) is 20.7. The van der Waals surface area contributed by atoms with Gasteiger partial charge in [-0.25, -0.2) is 19.0 Å². The van der Waals surface area contributed by atoms with Gasteiger partial charge in [-0.1, -0.05) is 42.5 Å². The number of hydrogen-bond donors (Lipinski definition) is 2. The van der Waals surface area contributed by atoms with Crippen LogP contribution in [-0.2, 0) is 16.6 Å². The molecular weight excluding hydrogens is 390 g/mol. The highest BCUT2D eigenvalue weighted by Crippen LogP contribution is 2.14. The summed E-state index contributed by atoms with van der Waals surface area (Å²) in [6.45, 7) is 0.451. The van der Waals surface area contributed by atoms with Crippen LogP contribution in [0, 0.1) is 0 Å². The average molecular weight is 409 g/mol. The number of nitrogens with zero attached hydrogens (tertiary/aromatic N) is 1. The summed E-state index contributed by atoms with van der Waals surface area (Å²) in [5, 5.41) is 8.96. The zero-order valence-electron chi connectivity index (χ0n) is 15.4. The van der Waals surface area contributed by atoms with Gasteiger partial charge in [0.1, 0.15) is 12.4 Å². The summed E-state index contributed by atoms with van der Waals surface area (Å²) >= 11 is 0. The molecule has 1 amide bonds. The third-order valence-corrected chi connectivity index (χ3v) is 4.86. The summed E-state index contributed by atoms with van der Waals surface area (Å²) in [5.41, 5.74) is 4.46. The smallest absolute Gasteiger partial charge is 0.271 e. The van der Waals surface area contributed by atoms with Gasteiger partial charge in [0.2, 0.25) is 10.0 Å². The van der Waals surface area contributed by atoms with E-state index in [2.05, 4.69) is 10.5 Å². The normalized spacial score (nSPS) is 11.3. The van der Waals surface area contributed by atoms with Crippen molar-refractivity contribution in [3.63, 3.8) is 0 Å². The summed E-state index contributed by atoms with van der Waals surface area (Å²) in [7, 11) is -3.80. The van der Waals surface area contributed by atoms with Crippen molar-refractivity contribution >= 4 is 22.1 Å². The van der Waals surface area contributed by atoms with Crippen LogP contribution in [0.5, 0.6) is 5.75 Å². The van der Waals surface area contributed by atoms with Crippen molar-refractivity contribution < 1.29 is 17.9 Å². The van der Waals surface area contributed by atoms with Gasteiger partial charge in [-0.3, -0.25) is 4.79 Å². The van der Waals surface area contributed by atoms with E-state index in [1.54, 1.807) is 6.07 Å². The monoisotopic (exact) mass is 409 g/mol. The van der Waals surface area contributed by atoms with Gasteiger partial charge in [0.05, 0.1) is 11.1 Å². The molecule has 29 heavy (non-hydrogen) atoms. The van der Waals surface area contributed by atoms with Crippen molar-refractivity contribution in [2.75, 3.05) is 0 Å². The molecule has 7 nitrogen and oxygen atoms in total. The van der Waals surface area contributed by atoms with Crippen LogP contribution in [0.3, 0.4) is 0 Å². The van der Waals surface area contributed by atoms with Gasteiger partial charge >= 0.3 is 0 Å². The molecule has 3 aromatic rings. The first-order chi connectivity index (χ1) is 13.9. The van der Waals surface area contributed by atoms with Crippen molar-refractivity contribution in [3.8, 4) is 5.75 Å². The molecular formula is C21H19N3O4S. The molecule has 0 aliphatic heterocycles. The third kappa shape index (κ3) is 6.00. The fourth-order valence-corrected chi connectivity index (χ4v) is 2.97. The minimum atomic E-state index is -3.80. The van der Waals surface area contributed by atoms with Gasteiger partial charge in [0.15, 0.2) is 0 Å². The highest BCUT2D eigenvalue weighted by Gasteiger charge is 2.09. The minimum Gasteiger partial charge on any atom is -0.489 e. The largest absolute Gasteiger partial charge is 0.489 e. The molecule has 8 heteroatoms. The van der Waals surface area contributed by atoms with E-state index in [1.807, 2.05) is 48.5 Å². The number of carbonyl (C=O) groups is 1. The molecule has 0 saturated carbocycles. The second-order valence-electron chi connectivity index (χ2n) is 6.12. The van der Waals surface area contributed by atoms with Crippen LogP contribution in [0.4, 0.5) is 0 Å². The van der Waals surface area contributed by atoms with E-state index in [-0.39, 0.29) is 10.5 Å². The van der Waals surface area contributed by atoms with Gasteiger partial charge in [0, 0.05) is 5.56 Å². The Morgan fingerprint density at radius 3 is 2.41 bits per heavy atom. The second kappa shape index (κ2) is 9.13. The summed E-state index contributed by atoms with van der Waals surface area (Å²) in [4.78, 5) is 12.0. The van der Waals surface area contributed by atoms with E-state index in [0.717, 1.165) is 11.1 Å². The van der Waals surface area contributed by atoms with Crippen LogP contribution >= 0.6 is 0 Å². The van der Waals surface area contributed by atoms with Gasteiger partial charge in [0.25, 0.3) is 5.91 Å². The quantitative estimate of drug-likeness (QED) is 0.462. The van der Waals surface area contributed by atoms with Crippen LogP contribution in [0.15, 0.2) is 88.9 Å². The van der Waals surface area contributed by atoms with Gasteiger partial charge in [-0.2, -0.15) is 5.10 Å². The molecule has 0 fully saturated rings. The molecule has 0 bridgehead atoms. The fraction of sp³-hybridized carbons (Fsp3) is 0.0476. The highest BCUT2D eigenvalue weighted by molar-refractivity contribution is 7.89. The molecule has 0 aliphatic carbocycles. The Bertz CT molecular complexity index is 1110. The standard InChI is InChI=1S/C21H19N3O4S/c22-29(26,27)20-11-9-18(10-12-20)21(25)24-23-14-17-7-4-8-19(13-17)28-15-16-5-2-1-3-6-16/h1-14H,15H2,(H,24,25)(H2,22,26,27). The predicted molar refractivity (Wildman–Crippen MR) is 110 cm³/mol. The number of nitrogens with one attached hydrogen (secondary N) is 1.